The Morgan fingerprint density at radius 2 is 1.71 bits per heavy atom. The molecule has 0 aromatic heterocycles. The third kappa shape index (κ3) is 2.99. The van der Waals surface area contributed by atoms with Crippen molar-refractivity contribution in [2.75, 3.05) is 0 Å². The van der Waals surface area contributed by atoms with Crippen molar-refractivity contribution in [3.63, 3.8) is 0 Å². The Labute approximate surface area is 115 Å². The van der Waals surface area contributed by atoms with E-state index in [-0.39, 0.29) is 0 Å². The lowest BCUT2D eigenvalue weighted by Gasteiger charge is -2.06. The van der Waals surface area contributed by atoms with Gasteiger partial charge in [-0.3, -0.25) is 10.1 Å². The fourth-order valence-corrected chi connectivity index (χ4v) is 1.56. The van der Waals surface area contributed by atoms with Crippen molar-refractivity contribution < 1.29 is 27.6 Å². The molecule has 108 valence electrons. The number of ether oxygens (including phenoxy) is 1. The molecule has 0 saturated heterocycles. The number of nitrogens with zero attached hydrogens (tertiary/aromatic N) is 1. The summed E-state index contributed by atoms with van der Waals surface area (Å²) in [4.78, 5) is 21.5. The molecule has 0 saturated carbocycles. The number of nitro benzene ring substituents is 1. The highest BCUT2D eigenvalue weighted by atomic mass is 19.1. The second-order valence-electron chi connectivity index (χ2n) is 3.86. The minimum atomic E-state index is -1.50. The maximum atomic E-state index is 13.4. The number of hydrogen-bond acceptors (Lipinski definition) is 4. The van der Waals surface area contributed by atoms with Gasteiger partial charge in [0.1, 0.15) is 23.0 Å². The van der Waals surface area contributed by atoms with Crippen molar-refractivity contribution in [3.8, 4) is 5.75 Å². The molecule has 0 aliphatic heterocycles. The van der Waals surface area contributed by atoms with Crippen molar-refractivity contribution in [3.05, 3.63) is 69.5 Å². The maximum absolute atomic E-state index is 13.4. The lowest BCUT2D eigenvalue weighted by molar-refractivity contribution is -0.385. The standard InChI is InChI=1S/C13H6F3NO4/c14-7-4-5-10(17(19)20)11(6-7)21-13(18)12-8(15)2-1-3-9(12)16/h1-6H. The van der Waals surface area contributed by atoms with Crippen LogP contribution in [0.2, 0.25) is 0 Å². The predicted molar refractivity (Wildman–Crippen MR) is 64.4 cm³/mol. The highest BCUT2D eigenvalue weighted by Crippen LogP contribution is 2.28. The van der Waals surface area contributed by atoms with E-state index in [0.29, 0.717) is 6.07 Å². The number of nitro groups is 1. The first kappa shape index (κ1) is 14.5. The Bertz CT molecular complexity index is 713. The third-order valence-electron chi connectivity index (χ3n) is 2.49. The van der Waals surface area contributed by atoms with Crippen molar-refractivity contribution in [1.82, 2.24) is 0 Å². The van der Waals surface area contributed by atoms with Gasteiger partial charge in [-0.2, -0.15) is 0 Å². The summed E-state index contributed by atoms with van der Waals surface area (Å²) in [6.07, 6.45) is 0. The Morgan fingerprint density at radius 1 is 1.10 bits per heavy atom. The monoisotopic (exact) mass is 297 g/mol. The molecule has 0 atom stereocenters. The smallest absolute Gasteiger partial charge is 0.349 e. The Hall–Kier alpha value is -2.90. The Kier molecular flexibility index (Phi) is 3.88. The van der Waals surface area contributed by atoms with Crippen molar-refractivity contribution in [1.29, 1.82) is 0 Å². The summed E-state index contributed by atoms with van der Waals surface area (Å²) >= 11 is 0. The lowest BCUT2D eigenvalue weighted by Crippen LogP contribution is -2.14. The highest BCUT2D eigenvalue weighted by molar-refractivity contribution is 5.92. The minimum absolute atomic E-state index is 0.578. The van der Waals surface area contributed by atoms with Gasteiger partial charge in [-0.25, -0.2) is 18.0 Å². The molecule has 2 rings (SSSR count). The van der Waals surface area contributed by atoms with Gasteiger partial charge >= 0.3 is 11.7 Å². The minimum Gasteiger partial charge on any atom is -0.415 e. The van der Waals surface area contributed by atoms with E-state index in [0.717, 1.165) is 30.3 Å². The van der Waals surface area contributed by atoms with E-state index in [2.05, 4.69) is 4.74 Å². The zero-order valence-corrected chi connectivity index (χ0v) is 10.2. The van der Waals surface area contributed by atoms with Crippen LogP contribution < -0.4 is 4.74 Å². The van der Waals surface area contributed by atoms with Gasteiger partial charge in [0.2, 0.25) is 5.75 Å². The first-order valence-corrected chi connectivity index (χ1v) is 5.50. The number of rotatable bonds is 3. The summed E-state index contributed by atoms with van der Waals surface area (Å²) in [6, 6.07) is 4.81. The molecule has 2 aromatic carbocycles. The second-order valence-corrected chi connectivity index (χ2v) is 3.86. The molecule has 5 nitrogen and oxygen atoms in total. The number of esters is 1. The molecule has 0 radical (unpaired) electrons. The molecule has 0 amide bonds. The molecule has 0 aliphatic carbocycles. The van der Waals surface area contributed by atoms with E-state index in [1.54, 1.807) is 0 Å². The van der Waals surface area contributed by atoms with Gasteiger partial charge in [-0.05, 0) is 18.2 Å². The summed E-state index contributed by atoms with van der Waals surface area (Å²) in [5, 5.41) is 10.7. The third-order valence-corrected chi connectivity index (χ3v) is 2.49. The quantitative estimate of drug-likeness (QED) is 0.377. The van der Waals surface area contributed by atoms with Crippen molar-refractivity contribution >= 4 is 11.7 Å². The van der Waals surface area contributed by atoms with E-state index >= 15 is 0 Å². The molecule has 0 spiro atoms. The first-order chi connectivity index (χ1) is 9.90. The van der Waals surface area contributed by atoms with Crippen LogP contribution in [0.3, 0.4) is 0 Å². The molecule has 0 bridgehead atoms. The predicted octanol–water partition coefficient (Wildman–Crippen LogP) is 3.23. The SMILES string of the molecule is O=C(Oc1cc(F)ccc1[N+](=O)[O-])c1c(F)cccc1F. The Morgan fingerprint density at radius 3 is 2.29 bits per heavy atom. The van der Waals surface area contributed by atoms with Crippen molar-refractivity contribution in [2.45, 2.75) is 0 Å². The molecule has 8 heteroatoms. The number of halogens is 3. The van der Waals surface area contributed by atoms with Crippen LogP contribution in [0.1, 0.15) is 10.4 Å². The molecule has 0 fully saturated rings. The molecular formula is C13H6F3NO4. The van der Waals surface area contributed by atoms with Gasteiger partial charge in [0.25, 0.3) is 0 Å². The number of carbonyl (C=O) groups is 1. The molecular weight excluding hydrogens is 291 g/mol. The van der Waals surface area contributed by atoms with Gasteiger partial charge in [0, 0.05) is 12.1 Å². The number of carbonyl (C=O) groups excluding carboxylic acids is 1. The average molecular weight is 297 g/mol. The van der Waals surface area contributed by atoms with Crippen LogP contribution in [0.15, 0.2) is 36.4 Å². The van der Waals surface area contributed by atoms with Gasteiger partial charge in [-0.15, -0.1) is 0 Å². The normalized spacial score (nSPS) is 10.2. The molecule has 2 aromatic rings. The summed E-state index contributed by atoms with van der Waals surface area (Å²) in [6.45, 7) is 0. The van der Waals surface area contributed by atoms with E-state index in [9.17, 15) is 28.1 Å². The van der Waals surface area contributed by atoms with Gasteiger partial charge in [-0.1, -0.05) is 6.07 Å². The van der Waals surface area contributed by atoms with Crippen LogP contribution in [0.25, 0.3) is 0 Å². The van der Waals surface area contributed by atoms with Crippen LogP contribution in [-0.4, -0.2) is 10.9 Å². The van der Waals surface area contributed by atoms with Crippen LogP contribution in [-0.2, 0) is 0 Å². The molecule has 0 unspecified atom stereocenters. The van der Waals surface area contributed by atoms with Crippen LogP contribution in [0.5, 0.6) is 5.75 Å². The van der Waals surface area contributed by atoms with Gasteiger partial charge < -0.3 is 4.74 Å². The van der Waals surface area contributed by atoms with Crippen LogP contribution >= 0.6 is 0 Å². The van der Waals surface area contributed by atoms with E-state index < -0.39 is 45.3 Å². The van der Waals surface area contributed by atoms with Crippen LogP contribution in [0.4, 0.5) is 18.9 Å². The molecule has 0 N–H and O–H groups in total. The van der Waals surface area contributed by atoms with Crippen molar-refractivity contribution in [2.24, 2.45) is 0 Å². The average Bonchev–Trinajstić information content (AvgIpc) is 2.38. The maximum Gasteiger partial charge on any atom is 0.349 e. The number of hydrogen-bond donors (Lipinski definition) is 0. The summed E-state index contributed by atoms with van der Waals surface area (Å²) in [7, 11) is 0. The molecule has 0 aliphatic rings. The molecule has 0 heterocycles. The summed E-state index contributed by atoms with van der Waals surface area (Å²) < 4.78 is 44.4. The number of benzene rings is 2. The fourth-order valence-electron chi connectivity index (χ4n) is 1.56. The van der Waals surface area contributed by atoms with E-state index in [1.807, 2.05) is 0 Å². The van der Waals surface area contributed by atoms with E-state index in [4.69, 9.17) is 0 Å². The molecule has 21 heavy (non-hydrogen) atoms. The van der Waals surface area contributed by atoms with Crippen LogP contribution in [0, 0.1) is 27.6 Å². The first-order valence-electron chi connectivity index (χ1n) is 5.50. The van der Waals surface area contributed by atoms with E-state index in [1.165, 1.54) is 0 Å². The topological polar surface area (TPSA) is 69.4 Å². The largest absolute Gasteiger partial charge is 0.415 e. The van der Waals surface area contributed by atoms with Gasteiger partial charge in [0.15, 0.2) is 0 Å². The lowest BCUT2D eigenvalue weighted by atomic mass is 10.2. The zero-order chi connectivity index (χ0) is 15.6. The fraction of sp³-hybridized carbons (Fsp3) is 0. The highest BCUT2D eigenvalue weighted by Gasteiger charge is 2.24. The Balaban J connectivity index is 2.40. The summed E-state index contributed by atoms with van der Waals surface area (Å²) in [5.41, 5.74) is -1.72. The van der Waals surface area contributed by atoms with Gasteiger partial charge in [0.05, 0.1) is 4.92 Å². The zero-order valence-electron chi connectivity index (χ0n) is 10.2. The second kappa shape index (κ2) is 5.61. The summed E-state index contributed by atoms with van der Waals surface area (Å²) in [5.74, 6) is -5.54.